The molecule has 3 heterocycles. The van der Waals surface area contributed by atoms with E-state index in [1.54, 1.807) is 17.4 Å². The van der Waals surface area contributed by atoms with Gasteiger partial charge in [0, 0.05) is 45.0 Å². The van der Waals surface area contributed by atoms with Crippen LogP contribution in [-0.4, -0.2) is 55.1 Å². The highest BCUT2D eigenvalue weighted by molar-refractivity contribution is 7.22. The number of hydrogen-bond donors (Lipinski definition) is 0. The lowest BCUT2D eigenvalue weighted by Gasteiger charge is -2.43. The smallest absolute Gasteiger partial charge is 0.368 e. The molecular weight excluding hydrogens is 425 g/mol. The van der Waals surface area contributed by atoms with Crippen molar-refractivity contribution in [2.24, 2.45) is 5.92 Å². The summed E-state index contributed by atoms with van der Waals surface area (Å²) in [5.74, 6) is 0.0770. The van der Waals surface area contributed by atoms with Crippen LogP contribution in [-0.2, 0) is 11.0 Å². The molecule has 31 heavy (non-hydrogen) atoms. The van der Waals surface area contributed by atoms with E-state index in [1.165, 1.54) is 12.1 Å². The first-order valence-corrected chi connectivity index (χ1v) is 11.0. The van der Waals surface area contributed by atoms with Gasteiger partial charge in [-0.15, -0.1) is 0 Å². The number of para-hydroxylation sites is 1. The number of aromatic nitrogens is 1. The molecule has 2 aliphatic rings. The molecule has 0 saturated carbocycles. The summed E-state index contributed by atoms with van der Waals surface area (Å²) in [6, 6.07) is 13.4. The first kappa shape index (κ1) is 20.1. The molecule has 2 aliphatic heterocycles. The number of anilines is 2. The van der Waals surface area contributed by atoms with Gasteiger partial charge in [0.2, 0.25) is 5.91 Å². The van der Waals surface area contributed by atoms with Crippen LogP contribution in [0.2, 0.25) is 0 Å². The lowest BCUT2D eigenvalue weighted by molar-refractivity contribution is -0.137. The van der Waals surface area contributed by atoms with Crippen LogP contribution in [0.5, 0.6) is 0 Å². The van der Waals surface area contributed by atoms with Crippen LogP contribution in [0.15, 0.2) is 48.5 Å². The zero-order valence-corrected chi connectivity index (χ0v) is 17.5. The predicted octanol–water partition coefficient (Wildman–Crippen LogP) is 4.10. The second kappa shape index (κ2) is 7.71. The maximum absolute atomic E-state index is 13.0. The van der Waals surface area contributed by atoms with Crippen molar-refractivity contribution in [2.75, 3.05) is 49.1 Å². The van der Waals surface area contributed by atoms with Gasteiger partial charge in [0.05, 0.1) is 21.7 Å². The third-order valence-corrected chi connectivity index (χ3v) is 7.01. The number of nitrogens with zero attached hydrogens (tertiary/aromatic N) is 4. The number of benzene rings is 2. The highest BCUT2D eigenvalue weighted by Crippen LogP contribution is 2.34. The molecular formula is C22H21F3N4OS. The summed E-state index contributed by atoms with van der Waals surface area (Å²) >= 11 is 1.63. The van der Waals surface area contributed by atoms with E-state index in [-0.39, 0.29) is 11.8 Å². The minimum atomic E-state index is -4.35. The lowest BCUT2D eigenvalue weighted by Crippen LogP contribution is -2.58. The predicted molar refractivity (Wildman–Crippen MR) is 116 cm³/mol. The maximum Gasteiger partial charge on any atom is 0.416 e. The van der Waals surface area contributed by atoms with Crippen molar-refractivity contribution < 1.29 is 18.0 Å². The van der Waals surface area contributed by atoms with Crippen LogP contribution in [0.3, 0.4) is 0 Å². The van der Waals surface area contributed by atoms with E-state index in [9.17, 15) is 18.0 Å². The summed E-state index contributed by atoms with van der Waals surface area (Å²) in [6.07, 6.45) is -4.35. The van der Waals surface area contributed by atoms with Gasteiger partial charge in [-0.1, -0.05) is 29.5 Å². The highest BCUT2D eigenvalue weighted by Gasteiger charge is 2.38. The number of halogens is 3. The van der Waals surface area contributed by atoms with Crippen LogP contribution in [0.25, 0.3) is 10.2 Å². The normalized spacial score (nSPS) is 17.8. The molecule has 2 saturated heterocycles. The molecule has 5 nitrogen and oxygen atoms in total. The zero-order chi connectivity index (χ0) is 21.6. The summed E-state index contributed by atoms with van der Waals surface area (Å²) in [6.45, 7) is 3.42. The number of fused-ring (bicyclic) bond motifs is 1. The number of carbonyl (C=O) groups is 1. The molecule has 2 aromatic carbocycles. The summed E-state index contributed by atoms with van der Waals surface area (Å²) in [5.41, 5.74) is 0.878. The largest absolute Gasteiger partial charge is 0.416 e. The van der Waals surface area contributed by atoms with Crippen LogP contribution >= 0.6 is 11.3 Å². The number of hydrogen-bond acceptors (Lipinski definition) is 5. The van der Waals surface area contributed by atoms with Crippen molar-refractivity contribution in [3.63, 3.8) is 0 Å². The van der Waals surface area contributed by atoms with E-state index < -0.39 is 11.7 Å². The summed E-state index contributed by atoms with van der Waals surface area (Å²) in [7, 11) is 0. The van der Waals surface area contributed by atoms with Crippen molar-refractivity contribution in [3.8, 4) is 0 Å². The fourth-order valence-electron chi connectivity index (χ4n) is 4.11. The van der Waals surface area contributed by atoms with Crippen molar-refractivity contribution in [2.45, 2.75) is 6.18 Å². The van der Waals surface area contributed by atoms with Gasteiger partial charge in [0.25, 0.3) is 0 Å². The molecule has 2 fully saturated rings. The Kier molecular flexibility index (Phi) is 5.00. The van der Waals surface area contributed by atoms with Gasteiger partial charge in [-0.2, -0.15) is 13.2 Å². The van der Waals surface area contributed by atoms with Gasteiger partial charge in [0.1, 0.15) is 0 Å². The molecule has 1 aromatic heterocycles. The quantitative estimate of drug-likeness (QED) is 0.608. The van der Waals surface area contributed by atoms with Crippen LogP contribution in [0.4, 0.5) is 24.0 Å². The fraction of sp³-hybridized carbons (Fsp3) is 0.364. The van der Waals surface area contributed by atoms with Crippen molar-refractivity contribution in [3.05, 3.63) is 54.1 Å². The van der Waals surface area contributed by atoms with E-state index in [0.717, 1.165) is 21.4 Å². The molecule has 0 N–H and O–H groups in total. The Labute approximate surface area is 181 Å². The average molecular weight is 446 g/mol. The molecule has 5 rings (SSSR count). The Hall–Kier alpha value is -2.81. The monoisotopic (exact) mass is 446 g/mol. The van der Waals surface area contributed by atoms with Gasteiger partial charge in [0.15, 0.2) is 5.13 Å². The molecule has 1 amide bonds. The Morgan fingerprint density at radius 1 is 0.968 bits per heavy atom. The SMILES string of the molecule is O=C(C1CN(c2nc3ccccc3s2)C1)N1CCN(c2cccc(C(F)(F)F)c2)CC1. The van der Waals surface area contributed by atoms with Crippen LogP contribution in [0, 0.1) is 5.92 Å². The number of piperazine rings is 1. The van der Waals surface area contributed by atoms with Gasteiger partial charge in [-0.05, 0) is 30.3 Å². The van der Waals surface area contributed by atoms with E-state index in [4.69, 9.17) is 0 Å². The molecule has 0 radical (unpaired) electrons. The minimum absolute atomic E-state index is 0.0490. The third-order valence-electron chi connectivity index (χ3n) is 5.91. The Balaban J connectivity index is 1.16. The number of alkyl halides is 3. The van der Waals surface area contributed by atoms with E-state index in [0.29, 0.717) is 45.0 Å². The van der Waals surface area contributed by atoms with E-state index in [1.807, 2.05) is 34.1 Å². The minimum Gasteiger partial charge on any atom is -0.368 e. The Morgan fingerprint density at radius 2 is 1.71 bits per heavy atom. The van der Waals surface area contributed by atoms with Crippen molar-refractivity contribution in [1.82, 2.24) is 9.88 Å². The summed E-state index contributed by atoms with van der Waals surface area (Å²) in [5, 5.41) is 0.944. The average Bonchev–Trinajstić information content (AvgIpc) is 3.16. The second-order valence-corrected chi connectivity index (χ2v) is 8.94. The molecule has 0 unspecified atom stereocenters. The van der Waals surface area contributed by atoms with E-state index >= 15 is 0 Å². The maximum atomic E-state index is 13.0. The fourth-order valence-corrected chi connectivity index (χ4v) is 5.09. The zero-order valence-electron chi connectivity index (χ0n) is 16.7. The van der Waals surface area contributed by atoms with Gasteiger partial charge in [-0.3, -0.25) is 4.79 Å². The number of thiazole rings is 1. The van der Waals surface area contributed by atoms with Crippen LogP contribution < -0.4 is 9.80 Å². The van der Waals surface area contributed by atoms with Gasteiger partial charge >= 0.3 is 6.18 Å². The molecule has 162 valence electrons. The van der Waals surface area contributed by atoms with Crippen molar-refractivity contribution in [1.29, 1.82) is 0 Å². The third kappa shape index (κ3) is 3.94. The standard InChI is InChI=1S/C22H21F3N4OS/c23-22(24,25)16-4-3-5-17(12-16)27-8-10-28(11-9-27)20(30)15-13-29(14-15)21-26-18-6-1-2-7-19(18)31-21/h1-7,12,15H,8-11,13-14H2. The Morgan fingerprint density at radius 3 is 2.42 bits per heavy atom. The molecule has 0 atom stereocenters. The summed E-state index contributed by atoms with van der Waals surface area (Å²) < 4.78 is 40.1. The number of carbonyl (C=O) groups excluding carboxylic acids is 1. The number of rotatable bonds is 3. The summed E-state index contributed by atoms with van der Waals surface area (Å²) in [4.78, 5) is 23.4. The lowest BCUT2D eigenvalue weighted by atomic mass is 9.99. The Bertz CT molecular complexity index is 1070. The molecule has 0 spiro atoms. The first-order chi connectivity index (χ1) is 14.9. The second-order valence-electron chi connectivity index (χ2n) is 7.93. The highest BCUT2D eigenvalue weighted by atomic mass is 32.1. The van der Waals surface area contributed by atoms with E-state index in [2.05, 4.69) is 9.88 Å². The molecule has 0 aliphatic carbocycles. The topological polar surface area (TPSA) is 39.7 Å². The van der Waals surface area contributed by atoms with Crippen LogP contribution in [0.1, 0.15) is 5.56 Å². The molecule has 9 heteroatoms. The number of amides is 1. The molecule has 0 bridgehead atoms. The van der Waals surface area contributed by atoms with Gasteiger partial charge < -0.3 is 14.7 Å². The van der Waals surface area contributed by atoms with Crippen molar-refractivity contribution >= 4 is 38.3 Å². The molecule has 3 aromatic rings. The first-order valence-electron chi connectivity index (χ1n) is 10.2. The van der Waals surface area contributed by atoms with Gasteiger partial charge in [-0.25, -0.2) is 4.98 Å².